The van der Waals surface area contributed by atoms with Crippen LogP contribution in [0.5, 0.6) is 0 Å². The maximum atomic E-state index is 13.5. The first-order chi connectivity index (χ1) is 18.2. The largest absolute Gasteiger partial charge is 0.437 e. The second-order valence-electron chi connectivity index (χ2n) is 9.05. The fourth-order valence-electron chi connectivity index (χ4n) is 3.92. The van der Waals surface area contributed by atoms with Gasteiger partial charge in [0.2, 0.25) is 5.71 Å². The van der Waals surface area contributed by atoms with E-state index in [4.69, 9.17) is 4.42 Å². The van der Waals surface area contributed by atoms with Crippen LogP contribution in [0.3, 0.4) is 0 Å². The number of anilines is 1. The molecule has 194 valence electrons. The van der Waals surface area contributed by atoms with Crippen molar-refractivity contribution in [3.8, 4) is 28.5 Å². The summed E-state index contributed by atoms with van der Waals surface area (Å²) in [7, 11) is 1.49. The summed E-state index contributed by atoms with van der Waals surface area (Å²) in [5, 5.41) is 27.4. The Kier molecular flexibility index (Phi) is 7.41. The van der Waals surface area contributed by atoms with Crippen molar-refractivity contribution in [1.29, 1.82) is 5.26 Å². The number of furan rings is 1. The van der Waals surface area contributed by atoms with Crippen LogP contribution in [0, 0.1) is 17.1 Å². The third kappa shape index (κ3) is 5.33. The number of amides is 2. The van der Waals surface area contributed by atoms with Crippen LogP contribution in [0.2, 0.25) is 0 Å². The maximum Gasteiger partial charge on any atom is 0.255 e. The molecule has 2 aromatic carbocycles. The Balaban J connectivity index is 1.91. The summed E-state index contributed by atoms with van der Waals surface area (Å²) in [4.78, 5) is 30.4. The minimum atomic E-state index is -1.06. The number of nitrogens with zero attached hydrogens (tertiary/aromatic N) is 2. The molecule has 2 aromatic heterocycles. The van der Waals surface area contributed by atoms with Gasteiger partial charge < -0.3 is 25.5 Å². The van der Waals surface area contributed by atoms with Gasteiger partial charge in [0.25, 0.3) is 11.8 Å². The molecule has 0 radical (unpaired) electrons. The second-order valence-corrected chi connectivity index (χ2v) is 9.05. The standard InChI is InChI=1S/C28H26FN5O4/c1-28(2,15-30)34-25(36)18-6-4-5-17(13-18)20-14-21-22(26(37)31-3)23(16-7-9-19(29)10-8-16)38-27(21)33-24(20)32-11-12-35/h4-10,13-14,35H,11-12H2,1-3H3,(H,31,37)(H,32,33)(H,34,36). The molecular weight excluding hydrogens is 489 g/mol. The van der Waals surface area contributed by atoms with Gasteiger partial charge in [0.05, 0.1) is 23.6 Å². The highest BCUT2D eigenvalue weighted by Gasteiger charge is 2.25. The SMILES string of the molecule is CNC(=O)c1c(-c2ccc(F)cc2)oc2nc(NCCO)c(-c3cccc(C(=O)NC(C)(C)C#N)c3)cc12. The molecule has 38 heavy (non-hydrogen) atoms. The molecule has 9 nitrogen and oxygen atoms in total. The number of nitrogens with one attached hydrogen (secondary N) is 3. The van der Waals surface area contributed by atoms with Crippen LogP contribution < -0.4 is 16.0 Å². The number of hydrogen-bond acceptors (Lipinski definition) is 7. The van der Waals surface area contributed by atoms with Crippen molar-refractivity contribution in [2.45, 2.75) is 19.4 Å². The molecule has 0 unspecified atom stereocenters. The van der Waals surface area contributed by atoms with E-state index in [1.807, 2.05) is 6.07 Å². The molecule has 2 amide bonds. The fourth-order valence-corrected chi connectivity index (χ4v) is 3.92. The molecular formula is C28H26FN5O4. The lowest BCUT2D eigenvalue weighted by Gasteiger charge is -2.18. The summed E-state index contributed by atoms with van der Waals surface area (Å²) in [6.45, 7) is 3.23. The Bertz CT molecular complexity index is 1550. The van der Waals surface area contributed by atoms with Gasteiger partial charge in [0, 0.05) is 30.3 Å². The molecule has 0 saturated heterocycles. The fraction of sp³-hybridized carbons (Fsp3) is 0.214. The minimum Gasteiger partial charge on any atom is -0.437 e. The average molecular weight is 516 g/mol. The predicted octanol–water partition coefficient (Wildman–Crippen LogP) is 4.10. The minimum absolute atomic E-state index is 0.159. The zero-order chi connectivity index (χ0) is 27.4. The second kappa shape index (κ2) is 10.7. The Morgan fingerprint density at radius 3 is 2.50 bits per heavy atom. The number of aliphatic hydroxyl groups is 1. The van der Waals surface area contributed by atoms with Crippen LogP contribution in [-0.4, -0.2) is 47.6 Å². The first-order valence-electron chi connectivity index (χ1n) is 11.8. The third-order valence-electron chi connectivity index (χ3n) is 5.79. The Morgan fingerprint density at radius 1 is 1.11 bits per heavy atom. The summed E-state index contributed by atoms with van der Waals surface area (Å²) < 4.78 is 19.5. The van der Waals surface area contributed by atoms with Gasteiger partial charge >= 0.3 is 0 Å². The van der Waals surface area contributed by atoms with Crippen molar-refractivity contribution in [3.63, 3.8) is 0 Å². The number of benzene rings is 2. The smallest absolute Gasteiger partial charge is 0.255 e. The maximum absolute atomic E-state index is 13.5. The van der Waals surface area contributed by atoms with Crippen molar-refractivity contribution >= 4 is 28.7 Å². The predicted molar refractivity (Wildman–Crippen MR) is 141 cm³/mol. The van der Waals surface area contributed by atoms with E-state index >= 15 is 0 Å². The van der Waals surface area contributed by atoms with Gasteiger partial charge in [-0.15, -0.1) is 0 Å². The molecule has 4 aromatic rings. The summed E-state index contributed by atoms with van der Waals surface area (Å²) in [6.07, 6.45) is 0. The number of pyridine rings is 1. The number of fused-ring (bicyclic) bond motifs is 1. The normalized spacial score (nSPS) is 11.2. The van der Waals surface area contributed by atoms with Crippen molar-refractivity contribution < 1.29 is 23.5 Å². The van der Waals surface area contributed by atoms with Gasteiger partial charge in [0.15, 0.2) is 0 Å². The van der Waals surface area contributed by atoms with Crippen molar-refractivity contribution in [3.05, 3.63) is 71.5 Å². The van der Waals surface area contributed by atoms with Gasteiger partial charge in [-0.1, -0.05) is 12.1 Å². The molecule has 0 atom stereocenters. The molecule has 0 spiro atoms. The average Bonchev–Trinajstić information content (AvgIpc) is 3.29. The number of rotatable bonds is 8. The van der Waals surface area contributed by atoms with E-state index < -0.39 is 23.2 Å². The number of aliphatic hydroxyl groups excluding tert-OH is 1. The van der Waals surface area contributed by atoms with Gasteiger partial charge in [-0.25, -0.2) is 4.39 Å². The first-order valence-corrected chi connectivity index (χ1v) is 11.8. The molecule has 4 N–H and O–H groups in total. The van der Waals surface area contributed by atoms with E-state index in [0.29, 0.717) is 33.5 Å². The van der Waals surface area contributed by atoms with Gasteiger partial charge in [-0.05, 0) is 61.9 Å². The Morgan fingerprint density at radius 2 is 1.84 bits per heavy atom. The zero-order valence-electron chi connectivity index (χ0n) is 21.1. The molecule has 0 aliphatic carbocycles. The lowest BCUT2D eigenvalue weighted by Crippen LogP contribution is -2.42. The van der Waals surface area contributed by atoms with Gasteiger partial charge in [0.1, 0.15) is 22.9 Å². The molecule has 10 heteroatoms. The summed E-state index contributed by atoms with van der Waals surface area (Å²) in [5.41, 5.74) is 1.31. The first kappa shape index (κ1) is 26.3. The molecule has 2 heterocycles. The summed E-state index contributed by atoms with van der Waals surface area (Å²) in [6, 6.07) is 16.1. The third-order valence-corrected chi connectivity index (χ3v) is 5.79. The van der Waals surface area contributed by atoms with Crippen molar-refractivity contribution in [1.82, 2.24) is 15.6 Å². The van der Waals surface area contributed by atoms with Crippen molar-refractivity contribution in [2.24, 2.45) is 0 Å². The van der Waals surface area contributed by atoms with Crippen LogP contribution in [0.15, 0.2) is 59.0 Å². The monoisotopic (exact) mass is 515 g/mol. The Hall–Kier alpha value is -4.75. The van der Waals surface area contributed by atoms with E-state index in [2.05, 4.69) is 20.9 Å². The molecule has 0 fully saturated rings. The quantitative estimate of drug-likeness (QED) is 0.277. The topological polar surface area (TPSA) is 140 Å². The number of carbonyl (C=O) groups is 2. The molecule has 0 aliphatic rings. The highest BCUT2D eigenvalue weighted by Crippen LogP contribution is 2.38. The van der Waals surface area contributed by atoms with E-state index in [1.54, 1.807) is 44.2 Å². The van der Waals surface area contributed by atoms with Crippen molar-refractivity contribution in [2.75, 3.05) is 25.5 Å². The van der Waals surface area contributed by atoms with Gasteiger partial charge in [-0.3, -0.25) is 9.59 Å². The van der Waals surface area contributed by atoms with E-state index in [1.165, 1.54) is 31.3 Å². The van der Waals surface area contributed by atoms with E-state index in [0.717, 1.165) is 0 Å². The molecule has 0 saturated carbocycles. The molecule has 0 aliphatic heterocycles. The lowest BCUT2D eigenvalue weighted by molar-refractivity contribution is 0.0927. The van der Waals surface area contributed by atoms with E-state index in [9.17, 15) is 24.3 Å². The highest BCUT2D eigenvalue weighted by atomic mass is 19.1. The lowest BCUT2D eigenvalue weighted by atomic mass is 9.99. The summed E-state index contributed by atoms with van der Waals surface area (Å²) in [5.74, 6) is -0.679. The molecule has 4 rings (SSSR count). The number of halogens is 1. The number of nitriles is 1. The van der Waals surface area contributed by atoms with E-state index in [-0.39, 0.29) is 30.2 Å². The number of aromatic nitrogens is 1. The number of carbonyl (C=O) groups excluding carboxylic acids is 2. The zero-order valence-corrected chi connectivity index (χ0v) is 21.1. The van der Waals surface area contributed by atoms with Crippen LogP contribution in [-0.2, 0) is 0 Å². The molecule has 0 bridgehead atoms. The van der Waals surface area contributed by atoms with Crippen LogP contribution in [0.1, 0.15) is 34.6 Å². The summed E-state index contributed by atoms with van der Waals surface area (Å²) >= 11 is 0. The number of hydrogen-bond donors (Lipinski definition) is 4. The van der Waals surface area contributed by atoms with Crippen LogP contribution in [0.25, 0.3) is 33.6 Å². The van der Waals surface area contributed by atoms with Crippen LogP contribution in [0.4, 0.5) is 10.2 Å². The van der Waals surface area contributed by atoms with Gasteiger partial charge in [-0.2, -0.15) is 10.2 Å². The Labute approximate surface area is 218 Å². The van der Waals surface area contributed by atoms with Crippen LogP contribution >= 0.6 is 0 Å². The highest BCUT2D eigenvalue weighted by molar-refractivity contribution is 6.11.